The molecule has 0 aliphatic carbocycles. The molecular weight excluding hydrogens is 462 g/mol. The number of aliphatic imine (C=N–C) groups is 1. The lowest BCUT2D eigenvalue weighted by atomic mass is 10.0. The molecule has 0 aromatic heterocycles. The molecule has 3 amide bonds. The van der Waals surface area contributed by atoms with Crippen molar-refractivity contribution in [2.45, 2.75) is 76.5 Å². The van der Waals surface area contributed by atoms with Gasteiger partial charge in [-0.1, -0.05) is 13.8 Å². The average Bonchev–Trinajstić information content (AvgIpc) is 3.24. The van der Waals surface area contributed by atoms with E-state index < -0.39 is 60.2 Å². The Bertz CT molecular complexity index is 814. The van der Waals surface area contributed by atoms with Crippen LogP contribution in [0.1, 0.15) is 52.4 Å². The number of carboxylic acids is 2. The van der Waals surface area contributed by atoms with Crippen molar-refractivity contribution in [2.24, 2.45) is 28.1 Å². The van der Waals surface area contributed by atoms with Crippen molar-refractivity contribution in [1.82, 2.24) is 15.5 Å². The van der Waals surface area contributed by atoms with E-state index in [1.54, 1.807) is 0 Å². The number of nitrogens with zero attached hydrogens (tertiary/aromatic N) is 2. The van der Waals surface area contributed by atoms with Crippen molar-refractivity contribution in [3.63, 3.8) is 0 Å². The Labute approximate surface area is 203 Å². The largest absolute Gasteiger partial charge is 0.481 e. The van der Waals surface area contributed by atoms with Crippen LogP contribution in [0.4, 0.5) is 0 Å². The van der Waals surface area contributed by atoms with Gasteiger partial charge in [0, 0.05) is 13.1 Å². The first-order valence-electron chi connectivity index (χ1n) is 11.5. The van der Waals surface area contributed by atoms with Crippen LogP contribution in [0.15, 0.2) is 4.99 Å². The summed E-state index contributed by atoms with van der Waals surface area (Å²) in [5.41, 5.74) is 16.3. The number of guanidine groups is 1. The second-order valence-electron chi connectivity index (χ2n) is 8.93. The standard InChI is InChI=1S/C21H37N7O7/c1-11(2)9-14(20(34)35)27-18(32)15-6-4-8-28(15)19(33)13(10-16(29)30)26-17(31)12(22)5-3-7-25-21(23)24/h11-15H,3-10,22H2,1-2H3,(H,26,31)(H,27,32)(H,29,30)(H,34,35)(H4,23,24,25). The van der Waals surface area contributed by atoms with E-state index in [4.69, 9.17) is 17.2 Å². The van der Waals surface area contributed by atoms with Gasteiger partial charge < -0.3 is 42.9 Å². The number of hydrogen-bond donors (Lipinski definition) is 7. The van der Waals surface area contributed by atoms with Crippen LogP contribution in [0.25, 0.3) is 0 Å². The van der Waals surface area contributed by atoms with Gasteiger partial charge in [-0.05, 0) is 38.0 Å². The van der Waals surface area contributed by atoms with Crippen molar-refractivity contribution in [2.75, 3.05) is 13.1 Å². The topological polar surface area (TPSA) is 244 Å². The molecule has 4 unspecified atom stereocenters. The summed E-state index contributed by atoms with van der Waals surface area (Å²) in [6.45, 7) is 4.05. The highest BCUT2D eigenvalue weighted by molar-refractivity contribution is 5.96. The van der Waals surface area contributed by atoms with Crippen LogP contribution in [0.2, 0.25) is 0 Å². The Balaban J connectivity index is 2.88. The fraction of sp³-hybridized carbons (Fsp3) is 0.714. The quantitative estimate of drug-likeness (QED) is 0.0781. The fourth-order valence-electron chi connectivity index (χ4n) is 3.77. The summed E-state index contributed by atoms with van der Waals surface area (Å²) < 4.78 is 0. The number of carbonyl (C=O) groups excluding carboxylic acids is 3. The van der Waals surface area contributed by atoms with Gasteiger partial charge in [-0.3, -0.25) is 24.2 Å². The minimum Gasteiger partial charge on any atom is -0.481 e. The minimum atomic E-state index is -1.44. The van der Waals surface area contributed by atoms with E-state index >= 15 is 0 Å². The molecule has 0 saturated carbocycles. The van der Waals surface area contributed by atoms with Gasteiger partial charge in [0.15, 0.2) is 5.96 Å². The van der Waals surface area contributed by atoms with Crippen molar-refractivity contribution >= 4 is 35.6 Å². The van der Waals surface area contributed by atoms with E-state index in [1.807, 2.05) is 13.8 Å². The number of nitrogens with one attached hydrogen (secondary N) is 2. The number of rotatable bonds is 14. The molecule has 14 heteroatoms. The third-order valence-corrected chi connectivity index (χ3v) is 5.46. The molecule has 1 rings (SSSR count). The van der Waals surface area contributed by atoms with Crippen molar-refractivity contribution in [3.05, 3.63) is 0 Å². The zero-order valence-corrected chi connectivity index (χ0v) is 20.1. The van der Waals surface area contributed by atoms with Gasteiger partial charge in [-0.15, -0.1) is 0 Å². The normalized spacial score (nSPS) is 17.8. The fourth-order valence-corrected chi connectivity index (χ4v) is 3.77. The van der Waals surface area contributed by atoms with Crippen molar-refractivity contribution < 1.29 is 34.2 Å². The highest BCUT2D eigenvalue weighted by Gasteiger charge is 2.39. The molecule has 0 bridgehead atoms. The van der Waals surface area contributed by atoms with Crippen LogP contribution in [0, 0.1) is 5.92 Å². The molecule has 0 radical (unpaired) electrons. The molecule has 4 atom stereocenters. The third kappa shape index (κ3) is 10.2. The van der Waals surface area contributed by atoms with E-state index in [2.05, 4.69) is 15.6 Å². The molecule has 10 N–H and O–H groups in total. The first kappa shape index (κ1) is 29.6. The van der Waals surface area contributed by atoms with Crippen LogP contribution in [-0.4, -0.2) is 88.0 Å². The Morgan fingerprint density at radius 2 is 1.74 bits per heavy atom. The molecular formula is C21H37N7O7. The Kier molecular flexibility index (Phi) is 11.9. The predicted octanol–water partition coefficient (Wildman–Crippen LogP) is -2.07. The molecule has 1 aliphatic heterocycles. The predicted molar refractivity (Wildman–Crippen MR) is 126 cm³/mol. The molecule has 14 nitrogen and oxygen atoms in total. The maximum atomic E-state index is 13.2. The highest BCUT2D eigenvalue weighted by Crippen LogP contribution is 2.20. The number of nitrogens with two attached hydrogens (primary N) is 3. The van der Waals surface area contributed by atoms with Crippen LogP contribution in [0.3, 0.4) is 0 Å². The minimum absolute atomic E-state index is 0.0107. The monoisotopic (exact) mass is 499 g/mol. The first-order valence-corrected chi connectivity index (χ1v) is 11.5. The molecule has 35 heavy (non-hydrogen) atoms. The van der Waals surface area contributed by atoms with Gasteiger partial charge in [-0.2, -0.15) is 0 Å². The van der Waals surface area contributed by atoms with E-state index in [0.29, 0.717) is 12.8 Å². The number of amides is 3. The van der Waals surface area contributed by atoms with Crippen LogP contribution in [-0.2, 0) is 24.0 Å². The second-order valence-corrected chi connectivity index (χ2v) is 8.93. The second kappa shape index (κ2) is 14.1. The average molecular weight is 500 g/mol. The number of carboxylic acid groups (broad SMARTS) is 2. The highest BCUT2D eigenvalue weighted by atomic mass is 16.4. The summed E-state index contributed by atoms with van der Waals surface area (Å²) in [7, 11) is 0. The zero-order chi connectivity index (χ0) is 26.7. The van der Waals surface area contributed by atoms with Crippen LogP contribution in [0.5, 0.6) is 0 Å². The number of carbonyl (C=O) groups is 5. The lowest BCUT2D eigenvalue weighted by Crippen LogP contribution is -2.57. The van der Waals surface area contributed by atoms with Gasteiger partial charge in [0.2, 0.25) is 17.7 Å². The maximum Gasteiger partial charge on any atom is 0.326 e. The van der Waals surface area contributed by atoms with Gasteiger partial charge in [0.05, 0.1) is 12.5 Å². The first-order chi connectivity index (χ1) is 16.3. The SMILES string of the molecule is CC(C)CC(NC(=O)C1CCCN1C(=O)C(CC(=O)O)NC(=O)C(N)CCCN=C(N)N)C(=O)O. The van der Waals surface area contributed by atoms with Crippen LogP contribution >= 0.6 is 0 Å². The van der Waals surface area contributed by atoms with Gasteiger partial charge in [0.1, 0.15) is 18.1 Å². The van der Waals surface area contributed by atoms with E-state index in [-0.39, 0.29) is 44.2 Å². The summed E-state index contributed by atoms with van der Waals surface area (Å²) in [6.07, 6.45) is 0.826. The molecule has 0 aromatic carbocycles. The number of aliphatic carboxylic acids is 2. The Morgan fingerprint density at radius 1 is 1.09 bits per heavy atom. The van der Waals surface area contributed by atoms with Crippen molar-refractivity contribution in [3.8, 4) is 0 Å². The summed E-state index contributed by atoms with van der Waals surface area (Å²) in [5.74, 6) is -4.71. The molecule has 198 valence electrons. The summed E-state index contributed by atoms with van der Waals surface area (Å²) in [5, 5.41) is 23.5. The summed E-state index contributed by atoms with van der Waals surface area (Å²) in [6, 6.07) is -4.56. The maximum absolute atomic E-state index is 13.2. The molecule has 1 aliphatic rings. The number of likely N-dealkylation sites (tertiary alicyclic amines) is 1. The smallest absolute Gasteiger partial charge is 0.326 e. The molecule has 1 heterocycles. The molecule has 1 fully saturated rings. The lowest BCUT2D eigenvalue weighted by molar-refractivity contribution is -0.147. The van der Waals surface area contributed by atoms with Crippen molar-refractivity contribution in [1.29, 1.82) is 0 Å². The van der Waals surface area contributed by atoms with Gasteiger partial charge in [-0.25, -0.2) is 4.79 Å². The van der Waals surface area contributed by atoms with Gasteiger partial charge >= 0.3 is 11.9 Å². The Morgan fingerprint density at radius 3 is 2.29 bits per heavy atom. The van der Waals surface area contributed by atoms with E-state index in [1.165, 1.54) is 4.90 Å². The van der Waals surface area contributed by atoms with E-state index in [0.717, 1.165) is 0 Å². The number of hydrogen-bond acceptors (Lipinski definition) is 7. The van der Waals surface area contributed by atoms with Crippen LogP contribution < -0.4 is 27.8 Å². The van der Waals surface area contributed by atoms with Gasteiger partial charge in [0.25, 0.3) is 0 Å². The zero-order valence-electron chi connectivity index (χ0n) is 20.1. The summed E-state index contributed by atoms with van der Waals surface area (Å²) in [4.78, 5) is 66.3. The third-order valence-electron chi connectivity index (χ3n) is 5.46. The molecule has 0 spiro atoms. The Hall–Kier alpha value is -3.42. The molecule has 1 saturated heterocycles. The summed E-state index contributed by atoms with van der Waals surface area (Å²) >= 11 is 0. The molecule has 0 aromatic rings. The lowest BCUT2D eigenvalue weighted by Gasteiger charge is -2.29. The van der Waals surface area contributed by atoms with E-state index in [9.17, 15) is 34.2 Å².